The minimum Gasteiger partial charge on any atom is -0.487 e. The molecule has 0 aliphatic carbocycles. The Morgan fingerprint density at radius 1 is 1.53 bits per heavy atom. The van der Waals surface area contributed by atoms with Gasteiger partial charge in [0.1, 0.15) is 0 Å². The summed E-state index contributed by atoms with van der Waals surface area (Å²) in [6.45, 7) is 5.27. The molecule has 0 aromatic heterocycles. The summed E-state index contributed by atoms with van der Waals surface area (Å²) >= 11 is 0. The van der Waals surface area contributed by atoms with Crippen LogP contribution in [0.2, 0.25) is 0 Å². The number of aliphatic hydroxyl groups excluding tert-OH is 1. The van der Waals surface area contributed by atoms with Gasteiger partial charge in [-0.25, -0.2) is 0 Å². The number of benzene rings is 1. The maximum Gasteiger partial charge on any atom is 0.311 e. The highest BCUT2D eigenvalue weighted by Gasteiger charge is 2.16. The summed E-state index contributed by atoms with van der Waals surface area (Å²) in [5.74, 6) is 0.242. The summed E-state index contributed by atoms with van der Waals surface area (Å²) in [5, 5.41) is 23.2. The molecular weight excluding hydrogens is 248 g/mol. The molecule has 2 N–H and O–H groups in total. The van der Waals surface area contributed by atoms with Crippen LogP contribution < -0.4 is 10.1 Å². The summed E-state index contributed by atoms with van der Waals surface area (Å²) in [4.78, 5) is 10.5. The van der Waals surface area contributed by atoms with Crippen molar-refractivity contribution in [3.63, 3.8) is 0 Å². The number of nitrogens with one attached hydrogen (secondary N) is 1. The molecule has 106 valence electrons. The number of nitro benzene ring substituents is 1. The van der Waals surface area contributed by atoms with Gasteiger partial charge in [0.05, 0.1) is 17.6 Å². The Hall–Kier alpha value is -1.66. The van der Waals surface area contributed by atoms with Crippen LogP contribution in [0.1, 0.15) is 25.8 Å². The predicted octanol–water partition coefficient (Wildman–Crippen LogP) is 1.85. The van der Waals surface area contributed by atoms with Gasteiger partial charge in [-0.15, -0.1) is 0 Å². The summed E-state index contributed by atoms with van der Waals surface area (Å²) in [6.07, 6.45) is -0.0388. The number of ether oxygens (including phenoxy) is 1. The first-order chi connectivity index (χ1) is 9.04. The lowest BCUT2D eigenvalue weighted by molar-refractivity contribution is -0.385. The second kappa shape index (κ2) is 7.70. The molecule has 6 heteroatoms. The molecular formula is C13H20N2O4. The van der Waals surface area contributed by atoms with E-state index in [1.807, 2.05) is 6.92 Å². The highest BCUT2D eigenvalue weighted by molar-refractivity contribution is 5.48. The molecule has 1 unspecified atom stereocenters. The third-order valence-corrected chi connectivity index (χ3v) is 2.59. The lowest BCUT2D eigenvalue weighted by atomic mass is 10.2. The maximum atomic E-state index is 11.0. The van der Waals surface area contributed by atoms with E-state index >= 15 is 0 Å². The van der Waals surface area contributed by atoms with Crippen LogP contribution in [0, 0.1) is 10.1 Å². The van der Waals surface area contributed by atoms with Gasteiger partial charge in [-0.1, -0.05) is 13.0 Å². The molecule has 1 rings (SSSR count). The molecule has 0 fully saturated rings. The topological polar surface area (TPSA) is 84.6 Å². The first kappa shape index (κ1) is 15.4. The molecule has 1 aromatic carbocycles. The minimum absolute atomic E-state index is 0.0407. The second-order valence-electron chi connectivity index (χ2n) is 4.33. The summed E-state index contributed by atoms with van der Waals surface area (Å²) in [7, 11) is 0. The fraction of sp³-hybridized carbons (Fsp3) is 0.538. The van der Waals surface area contributed by atoms with E-state index in [-0.39, 0.29) is 18.0 Å². The van der Waals surface area contributed by atoms with Crippen LogP contribution in [0.5, 0.6) is 5.75 Å². The van der Waals surface area contributed by atoms with Crippen molar-refractivity contribution in [2.24, 2.45) is 0 Å². The number of nitro groups is 1. The van der Waals surface area contributed by atoms with Crippen molar-refractivity contribution in [3.8, 4) is 5.75 Å². The van der Waals surface area contributed by atoms with Crippen LogP contribution in [0.15, 0.2) is 18.2 Å². The third-order valence-electron chi connectivity index (χ3n) is 2.59. The lowest BCUT2D eigenvalue weighted by Gasteiger charge is -2.09. The number of hydrogen-bond donors (Lipinski definition) is 2. The first-order valence-corrected chi connectivity index (χ1v) is 6.33. The van der Waals surface area contributed by atoms with Crippen LogP contribution in [-0.4, -0.2) is 29.3 Å². The Balaban J connectivity index is 2.76. The summed E-state index contributed by atoms with van der Waals surface area (Å²) in [5.41, 5.74) is 0.803. The molecule has 0 bridgehead atoms. The van der Waals surface area contributed by atoms with Gasteiger partial charge in [0, 0.05) is 19.0 Å². The fourth-order valence-electron chi connectivity index (χ4n) is 1.55. The minimum atomic E-state index is -0.480. The van der Waals surface area contributed by atoms with Crippen molar-refractivity contribution < 1.29 is 14.8 Å². The average molecular weight is 268 g/mol. The molecule has 1 atom stereocenters. The molecule has 0 aliphatic heterocycles. The van der Waals surface area contributed by atoms with E-state index in [0.717, 1.165) is 12.1 Å². The zero-order valence-electron chi connectivity index (χ0n) is 11.3. The van der Waals surface area contributed by atoms with Crippen molar-refractivity contribution in [3.05, 3.63) is 33.9 Å². The van der Waals surface area contributed by atoms with Gasteiger partial charge in [0.2, 0.25) is 0 Å². The predicted molar refractivity (Wildman–Crippen MR) is 72.3 cm³/mol. The number of nitrogens with zero attached hydrogens (tertiary/aromatic N) is 1. The number of rotatable bonds is 8. The smallest absolute Gasteiger partial charge is 0.311 e. The van der Waals surface area contributed by atoms with Crippen molar-refractivity contribution in [2.75, 3.05) is 13.2 Å². The molecule has 0 heterocycles. The highest BCUT2D eigenvalue weighted by atomic mass is 16.6. The largest absolute Gasteiger partial charge is 0.487 e. The Kier molecular flexibility index (Phi) is 6.24. The molecule has 0 aliphatic rings. The van der Waals surface area contributed by atoms with Gasteiger partial charge >= 0.3 is 5.69 Å². The van der Waals surface area contributed by atoms with Crippen molar-refractivity contribution in [1.82, 2.24) is 5.32 Å². The highest BCUT2D eigenvalue weighted by Crippen LogP contribution is 2.28. The monoisotopic (exact) mass is 268 g/mol. The maximum absolute atomic E-state index is 11.0. The van der Waals surface area contributed by atoms with E-state index in [9.17, 15) is 10.1 Å². The molecule has 0 saturated heterocycles. The molecule has 6 nitrogen and oxygen atoms in total. The zero-order valence-corrected chi connectivity index (χ0v) is 11.3. The Morgan fingerprint density at radius 3 is 2.84 bits per heavy atom. The standard InChI is InChI=1S/C13H20N2O4/c1-3-14-9-11-4-5-13(12(8-11)15(17)18)19-7-6-10(2)16/h4-5,8,10,14,16H,3,6-7,9H2,1-2H3. The van der Waals surface area contributed by atoms with Gasteiger partial charge in [0.15, 0.2) is 5.75 Å². The average Bonchev–Trinajstić information content (AvgIpc) is 2.36. The molecule has 0 spiro atoms. The number of hydrogen-bond acceptors (Lipinski definition) is 5. The van der Waals surface area contributed by atoms with Crippen LogP contribution in [0.4, 0.5) is 5.69 Å². The van der Waals surface area contributed by atoms with E-state index in [0.29, 0.717) is 13.0 Å². The molecule has 19 heavy (non-hydrogen) atoms. The van der Waals surface area contributed by atoms with Gasteiger partial charge in [-0.05, 0) is 25.1 Å². The lowest BCUT2D eigenvalue weighted by Crippen LogP contribution is -2.12. The Bertz CT molecular complexity index is 421. The van der Waals surface area contributed by atoms with Crippen molar-refractivity contribution >= 4 is 5.69 Å². The SMILES string of the molecule is CCNCc1ccc(OCCC(C)O)c([N+](=O)[O-])c1. The zero-order chi connectivity index (χ0) is 14.3. The Morgan fingerprint density at radius 2 is 2.26 bits per heavy atom. The van der Waals surface area contributed by atoms with E-state index in [1.165, 1.54) is 6.07 Å². The van der Waals surface area contributed by atoms with E-state index in [1.54, 1.807) is 19.1 Å². The van der Waals surface area contributed by atoms with E-state index in [2.05, 4.69) is 5.32 Å². The van der Waals surface area contributed by atoms with Crippen LogP contribution in [-0.2, 0) is 6.54 Å². The van der Waals surface area contributed by atoms with Gasteiger partial charge in [-0.2, -0.15) is 0 Å². The van der Waals surface area contributed by atoms with Crippen LogP contribution in [0.3, 0.4) is 0 Å². The van der Waals surface area contributed by atoms with Crippen LogP contribution in [0.25, 0.3) is 0 Å². The van der Waals surface area contributed by atoms with Gasteiger partial charge < -0.3 is 15.2 Å². The molecule has 0 amide bonds. The van der Waals surface area contributed by atoms with E-state index < -0.39 is 11.0 Å². The van der Waals surface area contributed by atoms with Crippen LogP contribution >= 0.6 is 0 Å². The molecule has 1 aromatic rings. The third kappa shape index (κ3) is 5.23. The molecule has 0 radical (unpaired) electrons. The summed E-state index contributed by atoms with van der Waals surface area (Å²) in [6, 6.07) is 4.92. The second-order valence-corrected chi connectivity index (χ2v) is 4.33. The Labute approximate surface area is 112 Å². The quantitative estimate of drug-likeness (QED) is 0.555. The van der Waals surface area contributed by atoms with E-state index in [4.69, 9.17) is 9.84 Å². The molecule has 0 saturated carbocycles. The van der Waals surface area contributed by atoms with Gasteiger partial charge in [0.25, 0.3) is 0 Å². The van der Waals surface area contributed by atoms with Crippen molar-refractivity contribution in [1.29, 1.82) is 0 Å². The summed E-state index contributed by atoms with van der Waals surface area (Å²) < 4.78 is 5.35. The van der Waals surface area contributed by atoms with Crippen molar-refractivity contribution in [2.45, 2.75) is 32.9 Å². The first-order valence-electron chi connectivity index (χ1n) is 6.33. The number of aliphatic hydroxyl groups is 1. The fourth-order valence-corrected chi connectivity index (χ4v) is 1.55. The normalized spacial score (nSPS) is 12.2. The van der Waals surface area contributed by atoms with Gasteiger partial charge in [-0.3, -0.25) is 10.1 Å².